The molecule has 1 saturated carbocycles. The van der Waals surface area contributed by atoms with Crippen LogP contribution >= 0.6 is 11.3 Å². The molecule has 2 aromatic rings. The van der Waals surface area contributed by atoms with Crippen molar-refractivity contribution in [3.05, 3.63) is 35.5 Å². The molecule has 0 bridgehead atoms. The zero-order valence-electron chi connectivity index (χ0n) is 13.5. The molecule has 0 amide bonds. The highest BCUT2D eigenvalue weighted by molar-refractivity contribution is 7.13. The van der Waals surface area contributed by atoms with E-state index in [2.05, 4.69) is 9.88 Å². The number of pyridine rings is 1. The second kappa shape index (κ2) is 6.61. The first-order valence-corrected chi connectivity index (χ1v) is 9.44. The molecule has 2 fully saturated rings. The molecule has 3 heterocycles. The number of carboxylic acid groups (broad SMARTS) is 1. The Morgan fingerprint density at radius 3 is 3.00 bits per heavy atom. The Hall–Kier alpha value is -1.79. The van der Waals surface area contributed by atoms with E-state index < -0.39 is 5.97 Å². The molecule has 1 saturated heterocycles. The molecule has 5 nitrogen and oxygen atoms in total. The van der Waals surface area contributed by atoms with Crippen molar-refractivity contribution in [1.29, 1.82) is 0 Å². The molecular formula is C18H21N3O2S. The van der Waals surface area contributed by atoms with E-state index in [1.54, 1.807) is 17.5 Å². The quantitative estimate of drug-likeness (QED) is 0.921. The molecule has 1 aliphatic carbocycles. The molecule has 0 spiro atoms. The highest BCUT2D eigenvalue weighted by Gasteiger charge is 2.45. The summed E-state index contributed by atoms with van der Waals surface area (Å²) in [6, 6.07) is 5.84. The maximum atomic E-state index is 11.7. The lowest BCUT2D eigenvalue weighted by Crippen LogP contribution is -2.41. The van der Waals surface area contributed by atoms with E-state index in [9.17, 15) is 9.90 Å². The monoisotopic (exact) mass is 343 g/mol. The lowest BCUT2D eigenvalue weighted by atomic mass is 9.85. The van der Waals surface area contributed by atoms with Gasteiger partial charge in [0, 0.05) is 24.2 Å². The molecule has 4 rings (SSSR count). The van der Waals surface area contributed by atoms with E-state index in [0.29, 0.717) is 18.5 Å². The van der Waals surface area contributed by atoms with E-state index in [1.165, 1.54) is 19.3 Å². The summed E-state index contributed by atoms with van der Waals surface area (Å²) in [4.78, 5) is 22.9. The summed E-state index contributed by atoms with van der Waals surface area (Å²) < 4.78 is 0. The number of thiazole rings is 1. The maximum Gasteiger partial charge on any atom is 0.320 e. The highest BCUT2D eigenvalue weighted by Crippen LogP contribution is 2.40. The van der Waals surface area contributed by atoms with Crippen molar-refractivity contribution in [1.82, 2.24) is 14.9 Å². The lowest BCUT2D eigenvalue weighted by Gasteiger charge is -2.32. The van der Waals surface area contributed by atoms with Crippen LogP contribution in [0.1, 0.15) is 37.8 Å². The van der Waals surface area contributed by atoms with Crippen molar-refractivity contribution in [2.24, 2.45) is 5.92 Å². The van der Waals surface area contributed by atoms with Crippen molar-refractivity contribution in [3.8, 4) is 10.7 Å². The van der Waals surface area contributed by atoms with Crippen molar-refractivity contribution in [2.75, 3.05) is 0 Å². The molecule has 1 N–H and O–H groups in total. The predicted molar refractivity (Wildman–Crippen MR) is 92.7 cm³/mol. The minimum absolute atomic E-state index is 0.363. The maximum absolute atomic E-state index is 11.7. The molecule has 2 aliphatic rings. The normalized spacial score (nSPS) is 27.1. The van der Waals surface area contributed by atoms with Gasteiger partial charge < -0.3 is 5.11 Å². The zero-order valence-corrected chi connectivity index (χ0v) is 14.3. The van der Waals surface area contributed by atoms with E-state index >= 15 is 0 Å². The Morgan fingerprint density at radius 1 is 1.33 bits per heavy atom. The third-order valence-corrected chi connectivity index (χ3v) is 6.20. The fourth-order valence-electron chi connectivity index (χ4n) is 4.20. The Balaban J connectivity index is 1.55. The smallest absolute Gasteiger partial charge is 0.320 e. The SMILES string of the molecule is O=C(O)[C@@H]1C[C@H]2CCCC[C@@H]2N1Cc1csc(-c2ccccn2)n1. The second-order valence-corrected chi connectivity index (χ2v) is 7.59. The molecular weight excluding hydrogens is 322 g/mol. The van der Waals surface area contributed by atoms with Crippen molar-refractivity contribution >= 4 is 17.3 Å². The number of hydrogen-bond donors (Lipinski definition) is 1. The zero-order chi connectivity index (χ0) is 16.5. The number of carbonyl (C=O) groups is 1. The van der Waals surface area contributed by atoms with Gasteiger partial charge in [-0.25, -0.2) is 4.98 Å². The van der Waals surface area contributed by atoms with Crippen LogP contribution in [0.3, 0.4) is 0 Å². The Kier molecular flexibility index (Phi) is 4.33. The van der Waals surface area contributed by atoms with Crippen molar-refractivity contribution in [3.63, 3.8) is 0 Å². The molecule has 3 atom stereocenters. The number of rotatable bonds is 4. The third-order valence-electron chi connectivity index (χ3n) is 5.29. The first kappa shape index (κ1) is 15.7. The average molecular weight is 343 g/mol. The summed E-state index contributed by atoms with van der Waals surface area (Å²) in [5, 5.41) is 12.6. The fourth-order valence-corrected chi connectivity index (χ4v) is 4.98. The van der Waals surface area contributed by atoms with Crippen LogP contribution in [0.2, 0.25) is 0 Å². The predicted octanol–water partition coefficient (Wildman–Crippen LogP) is 3.42. The van der Waals surface area contributed by atoms with Gasteiger partial charge in [0.25, 0.3) is 0 Å². The standard InChI is InChI=1S/C18H21N3O2S/c22-18(23)16-9-12-5-1-2-7-15(12)21(16)10-13-11-24-17(20-13)14-6-3-4-8-19-14/h3-4,6,8,11-12,15-16H,1-2,5,7,9-10H2,(H,22,23)/t12-,15+,16+/m1/s1. The molecule has 0 aromatic carbocycles. The summed E-state index contributed by atoms with van der Waals surface area (Å²) in [6.07, 6.45) is 7.29. The number of fused-ring (bicyclic) bond motifs is 1. The van der Waals surface area contributed by atoms with Crippen LogP contribution in [0.25, 0.3) is 10.7 Å². The van der Waals surface area contributed by atoms with Gasteiger partial charge in [0.05, 0.1) is 11.4 Å². The van der Waals surface area contributed by atoms with Crippen molar-refractivity contribution in [2.45, 2.75) is 50.7 Å². The average Bonchev–Trinajstić information content (AvgIpc) is 3.21. The van der Waals surface area contributed by atoms with Gasteiger partial charge in [-0.15, -0.1) is 11.3 Å². The molecule has 2 aromatic heterocycles. The van der Waals surface area contributed by atoms with Gasteiger partial charge in [-0.05, 0) is 37.3 Å². The van der Waals surface area contributed by atoms with E-state index in [-0.39, 0.29) is 6.04 Å². The van der Waals surface area contributed by atoms with Gasteiger partial charge in [0.1, 0.15) is 11.0 Å². The first-order valence-electron chi connectivity index (χ1n) is 8.57. The largest absolute Gasteiger partial charge is 0.480 e. The van der Waals surface area contributed by atoms with Crippen LogP contribution in [0.5, 0.6) is 0 Å². The third kappa shape index (κ3) is 2.96. The number of nitrogens with zero attached hydrogens (tertiary/aromatic N) is 3. The second-order valence-electron chi connectivity index (χ2n) is 6.73. The lowest BCUT2D eigenvalue weighted by molar-refractivity contribution is -0.142. The van der Waals surface area contributed by atoms with E-state index in [1.807, 2.05) is 23.6 Å². The number of likely N-dealkylation sites (tertiary alicyclic amines) is 1. The minimum Gasteiger partial charge on any atom is -0.480 e. The van der Waals surface area contributed by atoms with Crippen LogP contribution in [-0.2, 0) is 11.3 Å². The summed E-state index contributed by atoms with van der Waals surface area (Å²) in [5.41, 5.74) is 1.83. The van der Waals surface area contributed by atoms with Gasteiger partial charge in [0.15, 0.2) is 0 Å². The summed E-state index contributed by atoms with van der Waals surface area (Å²) in [6.45, 7) is 0.626. The van der Waals surface area contributed by atoms with Crippen LogP contribution in [-0.4, -0.2) is 38.0 Å². The van der Waals surface area contributed by atoms with Crippen LogP contribution in [0.15, 0.2) is 29.8 Å². The number of carboxylic acids is 1. The van der Waals surface area contributed by atoms with E-state index in [0.717, 1.165) is 29.2 Å². The molecule has 24 heavy (non-hydrogen) atoms. The Labute approximate surface area is 145 Å². The minimum atomic E-state index is -0.690. The van der Waals surface area contributed by atoms with Crippen LogP contribution in [0.4, 0.5) is 0 Å². The van der Waals surface area contributed by atoms with Crippen molar-refractivity contribution < 1.29 is 9.90 Å². The van der Waals surface area contributed by atoms with Crippen LogP contribution < -0.4 is 0 Å². The Bertz CT molecular complexity index is 718. The van der Waals surface area contributed by atoms with Crippen LogP contribution in [0, 0.1) is 5.92 Å². The van der Waals surface area contributed by atoms with Gasteiger partial charge in [0.2, 0.25) is 0 Å². The molecule has 1 aliphatic heterocycles. The molecule has 0 unspecified atom stereocenters. The Morgan fingerprint density at radius 2 is 2.21 bits per heavy atom. The molecule has 126 valence electrons. The molecule has 6 heteroatoms. The van der Waals surface area contributed by atoms with Gasteiger partial charge in [-0.3, -0.25) is 14.7 Å². The van der Waals surface area contributed by atoms with E-state index in [4.69, 9.17) is 4.98 Å². The van der Waals surface area contributed by atoms with Gasteiger partial charge in [-0.2, -0.15) is 0 Å². The number of hydrogen-bond acceptors (Lipinski definition) is 5. The number of aliphatic carboxylic acids is 1. The molecule has 0 radical (unpaired) electrons. The summed E-state index contributed by atoms with van der Waals surface area (Å²) in [7, 11) is 0. The summed E-state index contributed by atoms with van der Waals surface area (Å²) in [5.74, 6) is -0.154. The highest BCUT2D eigenvalue weighted by atomic mass is 32.1. The van der Waals surface area contributed by atoms with Gasteiger partial charge >= 0.3 is 5.97 Å². The first-order chi connectivity index (χ1) is 11.7. The van der Waals surface area contributed by atoms with Gasteiger partial charge in [-0.1, -0.05) is 18.9 Å². The summed E-state index contributed by atoms with van der Waals surface area (Å²) >= 11 is 1.58. The topological polar surface area (TPSA) is 66.3 Å². The fraction of sp³-hybridized carbons (Fsp3) is 0.500. The number of aromatic nitrogens is 2.